The summed E-state index contributed by atoms with van der Waals surface area (Å²) in [5, 5.41) is 18.0. The molecule has 0 saturated carbocycles. The minimum Gasteiger partial charge on any atom is -0.469 e. The lowest BCUT2D eigenvalue weighted by Gasteiger charge is -2.39. The molecular formula is C42H65N5O8S. The van der Waals surface area contributed by atoms with E-state index in [9.17, 15) is 29.1 Å². The van der Waals surface area contributed by atoms with Crippen molar-refractivity contribution >= 4 is 41.0 Å². The largest absolute Gasteiger partial charge is 0.469 e. The molecule has 14 heteroatoms. The first-order chi connectivity index (χ1) is 26.7. The van der Waals surface area contributed by atoms with Crippen LogP contribution in [0.25, 0.3) is 0 Å². The number of hydrogen-bond donors (Lipinski definition) is 3. The van der Waals surface area contributed by atoms with Gasteiger partial charge in [-0.2, -0.15) is 0 Å². The van der Waals surface area contributed by atoms with Crippen molar-refractivity contribution in [1.29, 1.82) is 0 Å². The number of aromatic nitrogens is 1. The summed E-state index contributed by atoms with van der Waals surface area (Å²) in [6.45, 7) is 12.7. The van der Waals surface area contributed by atoms with E-state index in [2.05, 4.69) is 27.4 Å². The Morgan fingerprint density at radius 2 is 1.77 bits per heavy atom. The number of likely N-dealkylation sites (N-methyl/N-ethyl adjacent to an activating group) is 1. The van der Waals surface area contributed by atoms with E-state index in [4.69, 9.17) is 9.47 Å². The summed E-state index contributed by atoms with van der Waals surface area (Å²) in [6, 6.07) is 7.56. The van der Waals surface area contributed by atoms with Gasteiger partial charge in [0, 0.05) is 37.9 Å². The number of rotatable bonds is 22. The van der Waals surface area contributed by atoms with Gasteiger partial charge in [0.1, 0.15) is 16.7 Å². The molecule has 1 aliphatic heterocycles. The van der Waals surface area contributed by atoms with Gasteiger partial charge in [-0.25, -0.2) is 4.98 Å². The van der Waals surface area contributed by atoms with Crippen LogP contribution in [0.15, 0.2) is 35.7 Å². The third-order valence-electron chi connectivity index (χ3n) is 10.9. The van der Waals surface area contributed by atoms with Crippen molar-refractivity contribution in [3.8, 4) is 0 Å². The molecule has 56 heavy (non-hydrogen) atoms. The summed E-state index contributed by atoms with van der Waals surface area (Å²) in [4.78, 5) is 75.1. The van der Waals surface area contributed by atoms with Crippen molar-refractivity contribution in [2.75, 3.05) is 33.9 Å². The number of piperidine rings is 1. The fourth-order valence-electron chi connectivity index (χ4n) is 7.38. The van der Waals surface area contributed by atoms with Crippen molar-refractivity contribution < 1.29 is 38.6 Å². The van der Waals surface area contributed by atoms with Crippen molar-refractivity contribution in [1.82, 2.24) is 25.4 Å². The average Bonchev–Trinajstić information content (AvgIpc) is 3.69. The Morgan fingerprint density at radius 3 is 2.38 bits per heavy atom. The van der Waals surface area contributed by atoms with E-state index in [-0.39, 0.29) is 48.2 Å². The SMILES string of the molecule is CCCCN1CCCC[C@@H]1C(=O)N[C@H](C(=O)N(C)[C@H](C[C@@H](OC(C)=O)c1nc(C(=O)N[C@@H](Cc2ccccc2)CC(CO)C(=O)OC)cs1)C(C)C)[C@@H](C)CC. The quantitative estimate of drug-likeness (QED) is 0.133. The van der Waals surface area contributed by atoms with Gasteiger partial charge in [-0.1, -0.05) is 84.2 Å². The van der Waals surface area contributed by atoms with Crippen LogP contribution in [0.5, 0.6) is 0 Å². The van der Waals surface area contributed by atoms with Crippen LogP contribution < -0.4 is 10.6 Å². The standard InChI is InChI=1S/C42H65N5O8S/c1-9-11-20-47-21-16-15-19-34(47)39(51)45-37(28(5)10-2)41(52)46(7)35(27(3)4)24-36(55-29(6)49)40-44-33(26-56-40)38(50)43-32(22-30-17-13-12-14-18-30)23-31(25-48)42(53)54-8/h12-14,17-18,26-28,31-32,34-37,48H,9-11,15-16,19-25H2,1-8H3,(H,43,50)(H,45,51)/t28-,31?,32-,34+,35+,36+,37-/m0/s1. The molecule has 0 spiro atoms. The van der Waals surface area contributed by atoms with Crippen LogP contribution in [0.2, 0.25) is 0 Å². The molecule has 2 aromatic rings. The van der Waals surface area contributed by atoms with E-state index >= 15 is 0 Å². The van der Waals surface area contributed by atoms with Crippen molar-refractivity contribution in [2.45, 2.75) is 130 Å². The van der Waals surface area contributed by atoms with Gasteiger partial charge >= 0.3 is 11.9 Å². The molecule has 0 bridgehead atoms. The van der Waals surface area contributed by atoms with E-state index in [1.807, 2.05) is 58.0 Å². The first-order valence-corrected chi connectivity index (χ1v) is 21.1. The normalized spacial score (nSPS) is 17.9. The summed E-state index contributed by atoms with van der Waals surface area (Å²) < 4.78 is 10.7. The minimum atomic E-state index is -0.856. The molecule has 3 rings (SSSR count). The maximum Gasteiger partial charge on any atom is 0.311 e. The molecule has 3 N–H and O–H groups in total. The molecule has 0 aliphatic carbocycles. The van der Waals surface area contributed by atoms with E-state index in [0.717, 1.165) is 50.8 Å². The summed E-state index contributed by atoms with van der Waals surface area (Å²) in [6.07, 6.45) is 5.46. The smallest absolute Gasteiger partial charge is 0.311 e. The lowest BCUT2D eigenvalue weighted by atomic mass is 9.92. The second-order valence-corrected chi connectivity index (χ2v) is 16.3. The van der Waals surface area contributed by atoms with Gasteiger partial charge in [0.2, 0.25) is 11.8 Å². The molecule has 2 heterocycles. The van der Waals surface area contributed by atoms with Gasteiger partial charge in [-0.05, 0) is 62.6 Å². The highest BCUT2D eigenvalue weighted by atomic mass is 32.1. The van der Waals surface area contributed by atoms with Crippen molar-refractivity contribution in [2.24, 2.45) is 17.8 Å². The number of aliphatic hydroxyl groups excluding tert-OH is 1. The average molecular weight is 800 g/mol. The Hall–Kier alpha value is -3.88. The predicted octanol–water partition coefficient (Wildman–Crippen LogP) is 5.32. The lowest BCUT2D eigenvalue weighted by molar-refractivity contribution is -0.149. The summed E-state index contributed by atoms with van der Waals surface area (Å²) in [5.74, 6) is -2.91. The Bertz CT molecular complexity index is 1550. The molecule has 3 amide bonds. The number of ether oxygens (including phenoxy) is 2. The van der Waals surface area contributed by atoms with Gasteiger partial charge in [-0.15, -0.1) is 11.3 Å². The number of nitrogens with zero attached hydrogens (tertiary/aromatic N) is 3. The number of unbranched alkanes of at least 4 members (excludes halogenated alkanes) is 1. The highest BCUT2D eigenvalue weighted by molar-refractivity contribution is 7.09. The maximum absolute atomic E-state index is 14.4. The third-order valence-corrected chi connectivity index (χ3v) is 11.8. The Balaban J connectivity index is 1.83. The van der Waals surface area contributed by atoms with Crippen LogP contribution in [-0.2, 0) is 35.1 Å². The number of methoxy groups -OCH3 is 1. The van der Waals surface area contributed by atoms with Crippen LogP contribution in [0.1, 0.15) is 120 Å². The zero-order valence-electron chi connectivity index (χ0n) is 34.6. The second-order valence-electron chi connectivity index (χ2n) is 15.4. The first kappa shape index (κ1) is 46.5. The summed E-state index contributed by atoms with van der Waals surface area (Å²) >= 11 is 1.18. The topological polar surface area (TPSA) is 167 Å². The van der Waals surface area contributed by atoms with Crippen molar-refractivity contribution in [3.63, 3.8) is 0 Å². The molecule has 1 aromatic carbocycles. The Kier molecular flexibility index (Phi) is 19.4. The first-order valence-electron chi connectivity index (χ1n) is 20.2. The number of benzene rings is 1. The molecular weight excluding hydrogens is 735 g/mol. The number of aliphatic hydroxyl groups is 1. The summed E-state index contributed by atoms with van der Waals surface area (Å²) in [5.41, 5.74) is 1.05. The highest BCUT2D eigenvalue weighted by Gasteiger charge is 2.38. The molecule has 1 aliphatic rings. The van der Waals surface area contributed by atoms with Crippen LogP contribution >= 0.6 is 11.3 Å². The molecule has 13 nitrogen and oxygen atoms in total. The van der Waals surface area contributed by atoms with Crippen molar-refractivity contribution in [3.05, 3.63) is 52.0 Å². The zero-order valence-corrected chi connectivity index (χ0v) is 35.4. The zero-order chi connectivity index (χ0) is 41.4. The van der Waals surface area contributed by atoms with E-state index in [1.54, 1.807) is 17.3 Å². The van der Waals surface area contributed by atoms with E-state index < -0.39 is 54.6 Å². The molecule has 1 unspecified atom stereocenters. The number of hydrogen-bond acceptors (Lipinski definition) is 11. The molecule has 312 valence electrons. The highest BCUT2D eigenvalue weighted by Crippen LogP contribution is 2.31. The molecule has 1 saturated heterocycles. The van der Waals surface area contributed by atoms with E-state index in [0.29, 0.717) is 17.8 Å². The number of likely N-dealkylation sites (tertiary alicyclic amines) is 1. The number of carbonyl (C=O) groups is 5. The number of amides is 3. The monoisotopic (exact) mass is 799 g/mol. The molecule has 1 fully saturated rings. The van der Waals surface area contributed by atoms with Gasteiger partial charge in [0.25, 0.3) is 5.91 Å². The van der Waals surface area contributed by atoms with Gasteiger partial charge in [0.15, 0.2) is 6.10 Å². The van der Waals surface area contributed by atoms with Gasteiger partial charge in [-0.3, -0.25) is 28.9 Å². The maximum atomic E-state index is 14.4. The Labute approximate surface area is 337 Å². The molecule has 0 radical (unpaired) electrons. The summed E-state index contributed by atoms with van der Waals surface area (Å²) in [7, 11) is 2.99. The molecule has 1 aromatic heterocycles. The lowest BCUT2D eigenvalue weighted by Crippen LogP contribution is -2.58. The van der Waals surface area contributed by atoms with Crippen LogP contribution in [0.4, 0.5) is 0 Å². The van der Waals surface area contributed by atoms with E-state index in [1.165, 1.54) is 25.4 Å². The number of esters is 2. The number of carbonyl (C=O) groups excluding carboxylic acids is 5. The second kappa shape index (κ2) is 23.4. The Morgan fingerprint density at radius 1 is 1.05 bits per heavy atom. The predicted molar refractivity (Wildman–Crippen MR) is 217 cm³/mol. The number of nitrogens with one attached hydrogen (secondary N) is 2. The fraction of sp³-hybridized carbons (Fsp3) is 0.667. The fourth-order valence-corrected chi connectivity index (χ4v) is 8.21. The number of thiazole rings is 1. The van der Waals surface area contributed by atoms with Crippen LogP contribution in [0, 0.1) is 17.8 Å². The van der Waals surface area contributed by atoms with Crippen LogP contribution in [-0.4, -0.2) is 108 Å². The molecule has 7 atom stereocenters. The third kappa shape index (κ3) is 13.7. The minimum absolute atomic E-state index is 0.0612. The van der Waals surface area contributed by atoms with Crippen LogP contribution in [0.3, 0.4) is 0 Å². The van der Waals surface area contributed by atoms with Gasteiger partial charge in [0.05, 0.1) is 25.7 Å². The van der Waals surface area contributed by atoms with Gasteiger partial charge < -0.3 is 30.1 Å².